The van der Waals surface area contributed by atoms with Crippen LogP contribution in [0.5, 0.6) is 17.2 Å². The molecule has 0 aromatic heterocycles. The number of para-hydroxylation sites is 1. The summed E-state index contributed by atoms with van der Waals surface area (Å²) >= 11 is 12.4. The summed E-state index contributed by atoms with van der Waals surface area (Å²) in [7, 11) is 2.96. The molecular formula is C24H21Cl2N3O5. The Balaban J connectivity index is 1.64. The smallest absolute Gasteiger partial charge is 0.271 e. The van der Waals surface area contributed by atoms with Gasteiger partial charge in [-0.3, -0.25) is 9.59 Å². The second-order valence-electron chi connectivity index (χ2n) is 6.78. The highest BCUT2D eigenvalue weighted by molar-refractivity contribution is 6.33. The quantitative estimate of drug-likeness (QED) is 0.324. The fourth-order valence-electron chi connectivity index (χ4n) is 2.84. The Morgan fingerprint density at radius 3 is 2.50 bits per heavy atom. The molecule has 0 aliphatic heterocycles. The van der Waals surface area contributed by atoms with E-state index < -0.39 is 11.8 Å². The normalized spacial score (nSPS) is 10.6. The van der Waals surface area contributed by atoms with E-state index in [4.69, 9.17) is 37.4 Å². The summed E-state index contributed by atoms with van der Waals surface area (Å²) in [5, 5.41) is 7.22. The van der Waals surface area contributed by atoms with Crippen molar-refractivity contribution in [3.8, 4) is 17.2 Å². The van der Waals surface area contributed by atoms with Crippen molar-refractivity contribution in [2.75, 3.05) is 26.1 Å². The van der Waals surface area contributed by atoms with Gasteiger partial charge >= 0.3 is 0 Å². The van der Waals surface area contributed by atoms with Gasteiger partial charge in [0.1, 0.15) is 5.75 Å². The molecule has 0 radical (unpaired) electrons. The van der Waals surface area contributed by atoms with Crippen molar-refractivity contribution in [3.63, 3.8) is 0 Å². The highest BCUT2D eigenvalue weighted by Gasteiger charge is 2.14. The zero-order valence-electron chi connectivity index (χ0n) is 18.3. The molecule has 0 aliphatic rings. The molecule has 0 spiro atoms. The van der Waals surface area contributed by atoms with Crippen LogP contribution in [0.15, 0.2) is 65.8 Å². The highest BCUT2D eigenvalue weighted by Crippen LogP contribution is 2.36. The Hall–Kier alpha value is -3.75. The third kappa shape index (κ3) is 6.63. The van der Waals surface area contributed by atoms with E-state index in [0.29, 0.717) is 33.3 Å². The molecule has 0 saturated carbocycles. The average Bonchev–Trinajstić information content (AvgIpc) is 2.84. The summed E-state index contributed by atoms with van der Waals surface area (Å²) in [6.45, 7) is -0.314. The number of halogens is 2. The van der Waals surface area contributed by atoms with Crippen molar-refractivity contribution < 1.29 is 23.8 Å². The molecule has 10 heteroatoms. The van der Waals surface area contributed by atoms with Crippen LogP contribution in [-0.4, -0.2) is 38.9 Å². The van der Waals surface area contributed by atoms with Gasteiger partial charge in [-0.1, -0.05) is 41.4 Å². The molecule has 2 amide bonds. The highest BCUT2D eigenvalue weighted by atomic mass is 35.5. The molecular weight excluding hydrogens is 481 g/mol. The number of carbonyl (C=O) groups is 2. The van der Waals surface area contributed by atoms with Gasteiger partial charge in [-0.05, 0) is 48.0 Å². The second kappa shape index (κ2) is 11.9. The first-order valence-corrected chi connectivity index (χ1v) is 10.7. The van der Waals surface area contributed by atoms with Gasteiger partial charge in [-0.2, -0.15) is 5.10 Å². The molecule has 8 nitrogen and oxygen atoms in total. The number of hydrazone groups is 1. The molecule has 3 aromatic carbocycles. The molecule has 3 aromatic rings. The maximum atomic E-state index is 12.3. The van der Waals surface area contributed by atoms with E-state index in [1.807, 2.05) is 0 Å². The van der Waals surface area contributed by atoms with Crippen molar-refractivity contribution in [3.05, 3.63) is 81.8 Å². The SMILES string of the molecule is COc1cccc(C(=O)N/N=C/c2cc(Cl)c(OCC(=O)Nc3ccccc3Cl)c(OC)c2)c1. The van der Waals surface area contributed by atoms with E-state index in [1.54, 1.807) is 60.7 Å². The molecule has 2 N–H and O–H groups in total. The fourth-order valence-corrected chi connectivity index (χ4v) is 3.29. The van der Waals surface area contributed by atoms with Crippen LogP contribution in [0.4, 0.5) is 5.69 Å². The molecule has 0 bridgehead atoms. The van der Waals surface area contributed by atoms with Crippen LogP contribution >= 0.6 is 23.2 Å². The Bertz CT molecular complexity index is 1220. The van der Waals surface area contributed by atoms with Crippen LogP contribution in [0.25, 0.3) is 0 Å². The number of anilines is 1. The standard InChI is InChI=1S/C24H21Cl2N3O5/c1-32-17-7-5-6-16(12-17)24(31)29-27-13-15-10-19(26)23(21(11-15)33-2)34-14-22(30)28-20-9-4-3-8-18(20)25/h3-13H,14H2,1-2H3,(H,28,30)(H,29,31)/b27-13+. The number of nitrogens with one attached hydrogen (secondary N) is 2. The third-order valence-corrected chi connectivity index (χ3v) is 5.07. The lowest BCUT2D eigenvalue weighted by Gasteiger charge is -2.13. The maximum absolute atomic E-state index is 12.3. The summed E-state index contributed by atoms with van der Waals surface area (Å²) in [5.74, 6) is 0.216. The lowest BCUT2D eigenvalue weighted by atomic mass is 10.2. The van der Waals surface area contributed by atoms with Crippen LogP contribution < -0.4 is 25.0 Å². The Morgan fingerprint density at radius 2 is 1.76 bits per heavy atom. The van der Waals surface area contributed by atoms with Gasteiger partial charge in [-0.25, -0.2) is 5.43 Å². The number of ether oxygens (including phenoxy) is 3. The van der Waals surface area contributed by atoms with Crippen molar-refractivity contribution in [1.29, 1.82) is 0 Å². The number of nitrogens with zero attached hydrogens (tertiary/aromatic N) is 1. The Labute approximate surface area is 206 Å². The van der Waals surface area contributed by atoms with E-state index in [1.165, 1.54) is 20.4 Å². The molecule has 3 rings (SSSR count). The predicted octanol–water partition coefficient (Wildman–Crippen LogP) is 4.79. The van der Waals surface area contributed by atoms with Crippen molar-refractivity contribution in [2.45, 2.75) is 0 Å². The minimum atomic E-state index is -0.419. The van der Waals surface area contributed by atoms with E-state index in [0.717, 1.165) is 0 Å². The number of hydrogen-bond acceptors (Lipinski definition) is 6. The van der Waals surface area contributed by atoms with Crippen LogP contribution in [0, 0.1) is 0 Å². The van der Waals surface area contributed by atoms with Gasteiger partial charge in [0.05, 0.1) is 36.2 Å². The topological polar surface area (TPSA) is 98.3 Å². The second-order valence-corrected chi connectivity index (χ2v) is 7.60. The first-order valence-electron chi connectivity index (χ1n) is 9.93. The van der Waals surface area contributed by atoms with Gasteiger partial charge in [0.2, 0.25) is 0 Å². The predicted molar refractivity (Wildman–Crippen MR) is 132 cm³/mol. The van der Waals surface area contributed by atoms with Gasteiger partial charge in [0.25, 0.3) is 11.8 Å². The lowest BCUT2D eigenvalue weighted by Crippen LogP contribution is -2.20. The minimum Gasteiger partial charge on any atom is -0.497 e. The number of methoxy groups -OCH3 is 2. The maximum Gasteiger partial charge on any atom is 0.271 e. The molecule has 34 heavy (non-hydrogen) atoms. The number of carbonyl (C=O) groups excluding carboxylic acids is 2. The zero-order chi connectivity index (χ0) is 24.5. The molecule has 0 aliphatic carbocycles. The number of benzene rings is 3. The largest absolute Gasteiger partial charge is 0.497 e. The first kappa shape index (κ1) is 24.9. The Morgan fingerprint density at radius 1 is 0.971 bits per heavy atom. The molecule has 176 valence electrons. The first-order chi connectivity index (χ1) is 16.4. The summed E-state index contributed by atoms with van der Waals surface area (Å²) in [5.41, 5.74) is 3.84. The molecule has 0 atom stereocenters. The summed E-state index contributed by atoms with van der Waals surface area (Å²) in [6, 6.07) is 16.7. The molecule has 0 saturated heterocycles. The number of rotatable bonds is 9. The fraction of sp³-hybridized carbons (Fsp3) is 0.125. The van der Waals surface area contributed by atoms with Crippen molar-refractivity contribution in [1.82, 2.24) is 5.43 Å². The number of hydrogen-bond donors (Lipinski definition) is 2. The van der Waals surface area contributed by atoms with E-state index >= 15 is 0 Å². The average molecular weight is 502 g/mol. The summed E-state index contributed by atoms with van der Waals surface area (Å²) in [6.07, 6.45) is 1.40. The monoisotopic (exact) mass is 501 g/mol. The van der Waals surface area contributed by atoms with Crippen molar-refractivity contribution in [2.24, 2.45) is 5.10 Å². The number of amides is 2. The van der Waals surface area contributed by atoms with E-state index in [2.05, 4.69) is 15.8 Å². The molecule has 0 heterocycles. The van der Waals surface area contributed by atoms with Gasteiger partial charge in [-0.15, -0.1) is 0 Å². The minimum absolute atomic E-state index is 0.191. The summed E-state index contributed by atoms with van der Waals surface area (Å²) < 4.78 is 16.0. The zero-order valence-corrected chi connectivity index (χ0v) is 19.8. The van der Waals surface area contributed by atoms with Crippen LogP contribution in [-0.2, 0) is 4.79 Å². The van der Waals surface area contributed by atoms with Gasteiger partial charge in [0, 0.05) is 5.56 Å². The molecule has 0 fully saturated rings. The van der Waals surface area contributed by atoms with Crippen LogP contribution in [0.1, 0.15) is 15.9 Å². The van der Waals surface area contributed by atoms with Crippen LogP contribution in [0.3, 0.4) is 0 Å². The van der Waals surface area contributed by atoms with E-state index in [-0.39, 0.29) is 17.4 Å². The summed E-state index contributed by atoms with van der Waals surface area (Å²) in [4.78, 5) is 24.5. The third-order valence-electron chi connectivity index (χ3n) is 4.46. The molecule has 0 unspecified atom stereocenters. The lowest BCUT2D eigenvalue weighted by molar-refractivity contribution is -0.118. The van der Waals surface area contributed by atoms with Crippen molar-refractivity contribution >= 4 is 46.9 Å². The van der Waals surface area contributed by atoms with E-state index in [9.17, 15) is 9.59 Å². The Kier molecular flexibility index (Phi) is 8.73. The van der Waals surface area contributed by atoms with Crippen LogP contribution in [0.2, 0.25) is 10.0 Å². The van der Waals surface area contributed by atoms with Gasteiger partial charge in [0.15, 0.2) is 18.1 Å². The van der Waals surface area contributed by atoms with Gasteiger partial charge < -0.3 is 19.5 Å².